The first kappa shape index (κ1) is 17.1. The zero-order valence-electron chi connectivity index (χ0n) is 13.8. The lowest BCUT2D eigenvalue weighted by Crippen LogP contribution is -2.44. The van der Waals surface area contributed by atoms with Gasteiger partial charge >= 0.3 is 0 Å². The molecular formula is C16H20ClN5OS. The number of amides is 1. The maximum absolute atomic E-state index is 12.7. The molecule has 1 aromatic carbocycles. The number of rotatable bonds is 4. The van der Waals surface area contributed by atoms with Crippen molar-refractivity contribution in [2.45, 2.75) is 37.2 Å². The van der Waals surface area contributed by atoms with Crippen LogP contribution in [0.4, 0.5) is 0 Å². The van der Waals surface area contributed by atoms with Gasteiger partial charge in [-0.25, -0.2) is 4.68 Å². The van der Waals surface area contributed by atoms with Crippen LogP contribution in [-0.4, -0.2) is 32.6 Å². The highest BCUT2D eigenvalue weighted by atomic mass is 35.5. The molecule has 3 rings (SSSR count). The van der Waals surface area contributed by atoms with Gasteiger partial charge in [-0.05, 0) is 30.5 Å². The summed E-state index contributed by atoms with van der Waals surface area (Å²) in [5, 5.41) is 12.3. The molecule has 2 heterocycles. The first-order valence-corrected chi connectivity index (χ1v) is 9.10. The summed E-state index contributed by atoms with van der Waals surface area (Å²) in [4.78, 5) is 12.7. The number of halogens is 1. The molecule has 0 fully saturated rings. The smallest absolute Gasteiger partial charge is 0.236 e. The van der Waals surface area contributed by atoms with Crippen LogP contribution in [0.15, 0.2) is 29.4 Å². The number of thioether (sulfide) groups is 1. The number of hydrogen-bond donors (Lipinski definition) is 2. The summed E-state index contributed by atoms with van der Waals surface area (Å²) in [6.07, 6.45) is 0. The Bertz CT molecular complexity index is 731. The monoisotopic (exact) mass is 365 g/mol. The molecule has 8 heteroatoms. The van der Waals surface area contributed by atoms with Crippen LogP contribution >= 0.6 is 23.4 Å². The van der Waals surface area contributed by atoms with Crippen molar-refractivity contribution in [2.24, 2.45) is 5.92 Å². The first-order chi connectivity index (χ1) is 11.5. The number of carbonyl (C=O) groups is 1. The highest BCUT2D eigenvalue weighted by Gasteiger charge is 2.37. The van der Waals surface area contributed by atoms with Gasteiger partial charge in [0.25, 0.3) is 0 Å². The summed E-state index contributed by atoms with van der Waals surface area (Å²) >= 11 is 7.42. The molecule has 1 aromatic heterocycles. The molecule has 0 saturated carbocycles. The lowest BCUT2D eigenvalue weighted by Gasteiger charge is -2.33. The van der Waals surface area contributed by atoms with Crippen molar-refractivity contribution in [3.63, 3.8) is 0 Å². The van der Waals surface area contributed by atoms with Crippen LogP contribution in [0.25, 0.3) is 0 Å². The number of fused-ring (bicyclic) bond motifs is 1. The Morgan fingerprint density at radius 1 is 1.38 bits per heavy atom. The summed E-state index contributed by atoms with van der Waals surface area (Å²) in [5.41, 5.74) is 4.36. The van der Waals surface area contributed by atoms with E-state index in [4.69, 9.17) is 11.6 Å². The highest BCUT2D eigenvalue weighted by Crippen LogP contribution is 2.37. The Balaban J connectivity index is 1.90. The van der Waals surface area contributed by atoms with Gasteiger partial charge in [-0.15, -0.1) is 10.2 Å². The number of nitrogens with zero attached hydrogens (tertiary/aromatic N) is 3. The minimum atomic E-state index is -0.332. The van der Waals surface area contributed by atoms with Gasteiger partial charge in [0.2, 0.25) is 11.1 Å². The van der Waals surface area contributed by atoms with E-state index in [1.54, 1.807) is 0 Å². The Morgan fingerprint density at radius 2 is 2.08 bits per heavy atom. The summed E-state index contributed by atoms with van der Waals surface area (Å²) < 4.78 is 1.83. The first-order valence-electron chi connectivity index (χ1n) is 7.84. The zero-order valence-corrected chi connectivity index (χ0v) is 15.4. The molecule has 0 spiro atoms. The number of carbonyl (C=O) groups excluding carboxylic acids is 1. The molecule has 0 unspecified atom stereocenters. The van der Waals surface area contributed by atoms with Crippen molar-refractivity contribution in [1.82, 2.24) is 20.2 Å². The van der Waals surface area contributed by atoms with E-state index in [1.165, 1.54) is 11.8 Å². The van der Waals surface area contributed by atoms with E-state index < -0.39 is 0 Å². The number of benzene rings is 1. The van der Waals surface area contributed by atoms with E-state index in [1.807, 2.05) is 35.9 Å². The molecule has 0 bridgehead atoms. The lowest BCUT2D eigenvalue weighted by atomic mass is 10.0. The third-order valence-electron chi connectivity index (χ3n) is 3.77. The van der Waals surface area contributed by atoms with E-state index in [0.717, 1.165) is 11.4 Å². The molecular weight excluding hydrogens is 346 g/mol. The molecule has 2 atom stereocenters. The second-order valence-corrected chi connectivity index (χ2v) is 7.75. The highest BCUT2D eigenvalue weighted by molar-refractivity contribution is 8.00. The molecule has 1 amide bonds. The van der Waals surface area contributed by atoms with Gasteiger partial charge in [-0.1, -0.05) is 49.3 Å². The van der Waals surface area contributed by atoms with Crippen molar-refractivity contribution in [3.8, 4) is 0 Å². The Hall–Kier alpha value is -1.73. The Kier molecular flexibility index (Phi) is 5.01. The van der Waals surface area contributed by atoms with E-state index in [0.29, 0.717) is 22.6 Å². The van der Waals surface area contributed by atoms with Gasteiger partial charge < -0.3 is 10.7 Å². The van der Waals surface area contributed by atoms with Crippen LogP contribution in [0, 0.1) is 12.8 Å². The number of nitrogens with one attached hydrogen (secondary N) is 2. The van der Waals surface area contributed by atoms with Gasteiger partial charge in [0.1, 0.15) is 11.1 Å². The molecule has 2 aromatic rings. The largest absolute Gasteiger partial charge is 0.355 e. The van der Waals surface area contributed by atoms with Crippen LogP contribution < -0.4 is 10.7 Å². The van der Waals surface area contributed by atoms with Gasteiger partial charge in [0.15, 0.2) is 0 Å². The fourth-order valence-electron chi connectivity index (χ4n) is 2.49. The summed E-state index contributed by atoms with van der Waals surface area (Å²) in [6, 6.07) is 7.35. The lowest BCUT2D eigenvalue weighted by molar-refractivity contribution is -0.121. The van der Waals surface area contributed by atoms with Crippen LogP contribution in [0.5, 0.6) is 0 Å². The fourth-order valence-corrected chi connectivity index (χ4v) is 3.76. The zero-order chi connectivity index (χ0) is 17.3. The quantitative estimate of drug-likeness (QED) is 0.871. The standard InChI is InChI=1S/C16H20ClN5OS/c1-9(2)8-18-15(23)14-13(11-4-6-12(17)7-5-11)21-22-10(3)19-20-16(22)24-14/h4-7,9,13-14,21H,8H2,1-3H3,(H,18,23)/t13-,14-/m1/s1. The van der Waals surface area contributed by atoms with Crippen molar-refractivity contribution in [3.05, 3.63) is 40.7 Å². The predicted octanol–water partition coefficient (Wildman–Crippen LogP) is 2.77. The van der Waals surface area contributed by atoms with Gasteiger partial charge in [0, 0.05) is 11.6 Å². The Labute approximate surface area is 150 Å². The molecule has 1 aliphatic rings. The summed E-state index contributed by atoms with van der Waals surface area (Å²) in [7, 11) is 0. The molecule has 0 aliphatic carbocycles. The summed E-state index contributed by atoms with van der Waals surface area (Å²) in [6.45, 7) is 6.67. The third kappa shape index (κ3) is 3.52. The average Bonchev–Trinajstić information content (AvgIpc) is 2.93. The van der Waals surface area contributed by atoms with Crippen molar-refractivity contribution in [1.29, 1.82) is 0 Å². The van der Waals surface area contributed by atoms with E-state index in [-0.39, 0.29) is 17.2 Å². The minimum absolute atomic E-state index is 0.00643. The minimum Gasteiger partial charge on any atom is -0.355 e. The van der Waals surface area contributed by atoms with Gasteiger partial charge in [0.05, 0.1) is 6.04 Å². The second kappa shape index (κ2) is 7.03. The van der Waals surface area contributed by atoms with E-state index in [9.17, 15) is 4.79 Å². The fraction of sp³-hybridized carbons (Fsp3) is 0.438. The number of hydrogen-bond acceptors (Lipinski definition) is 5. The normalized spacial score (nSPS) is 19.7. The van der Waals surface area contributed by atoms with Gasteiger partial charge in [-0.2, -0.15) is 0 Å². The molecule has 2 N–H and O–H groups in total. The van der Waals surface area contributed by atoms with E-state index in [2.05, 4.69) is 34.8 Å². The topological polar surface area (TPSA) is 71.8 Å². The van der Waals surface area contributed by atoms with Crippen LogP contribution in [0.1, 0.15) is 31.3 Å². The van der Waals surface area contributed by atoms with Crippen molar-refractivity contribution < 1.29 is 4.79 Å². The maximum atomic E-state index is 12.7. The van der Waals surface area contributed by atoms with Crippen molar-refractivity contribution in [2.75, 3.05) is 12.0 Å². The average molecular weight is 366 g/mol. The molecule has 24 heavy (non-hydrogen) atoms. The molecule has 1 aliphatic heterocycles. The van der Waals surface area contributed by atoms with Crippen LogP contribution in [0.3, 0.4) is 0 Å². The summed E-state index contributed by atoms with van der Waals surface area (Å²) in [5.74, 6) is 1.15. The third-order valence-corrected chi connectivity index (χ3v) is 5.24. The van der Waals surface area contributed by atoms with Crippen LogP contribution in [0.2, 0.25) is 5.02 Å². The molecule has 6 nitrogen and oxygen atoms in total. The van der Waals surface area contributed by atoms with Crippen molar-refractivity contribution >= 4 is 29.3 Å². The molecule has 0 radical (unpaired) electrons. The Morgan fingerprint density at radius 3 is 2.75 bits per heavy atom. The van der Waals surface area contributed by atoms with Gasteiger partial charge in [-0.3, -0.25) is 4.79 Å². The molecule has 128 valence electrons. The molecule has 0 saturated heterocycles. The predicted molar refractivity (Wildman–Crippen MR) is 95.8 cm³/mol. The maximum Gasteiger partial charge on any atom is 0.236 e. The van der Waals surface area contributed by atoms with Crippen LogP contribution in [-0.2, 0) is 4.79 Å². The number of aryl methyl sites for hydroxylation is 1. The SMILES string of the molecule is Cc1nnc2n1N[C@H](c1ccc(Cl)cc1)[C@H](C(=O)NCC(C)C)S2. The second-order valence-electron chi connectivity index (χ2n) is 6.20. The van der Waals surface area contributed by atoms with E-state index >= 15 is 0 Å². The number of aromatic nitrogens is 3.